The average molecular weight is 1560 g/mol. The molecule has 2 aromatic heterocycles. The maximum Gasteiger partial charge on any atom is 0.338 e. The zero-order chi connectivity index (χ0) is 66.1. The van der Waals surface area contributed by atoms with Gasteiger partial charge < -0.3 is 48.9 Å². The Hall–Kier alpha value is -4.98. The second-order valence-corrected chi connectivity index (χ2v) is 22.6. The number of hydrogen-bond acceptors (Lipinski definition) is 15. The summed E-state index contributed by atoms with van der Waals surface area (Å²) in [7, 11) is 0. The molecule has 0 spiro atoms. The van der Waals surface area contributed by atoms with Crippen molar-refractivity contribution in [1.29, 1.82) is 0 Å². The molecule has 0 bridgehead atoms. The normalized spacial score (nSPS) is 11.5. The molecule has 484 valence electrons. The smallest absolute Gasteiger partial charge is 0.338 e. The first-order chi connectivity index (χ1) is 42.6. The Morgan fingerprint density at radius 2 is 1.06 bits per heavy atom. The summed E-state index contributed by atoms with van der Waals surface area (Å²) in [5.41, 5.74) is 2.75. The highest BCUT2D eigenvalue weighted by Gasteiger charge is 2.25. The van der Waals surface area contributed by atoms with E-state index in [-0.39, 0.29) is 63.1 Å². The molecule has 16 nitrogen and oxygen atoms in total. The molecule has 0 saturated heterocycles. The molecule has 7 rings (SSSR count). The molecule has 3 heterocycles. The van der Waals surface area contributed by atoms with Gasteiger partial charge in [0, 0.05) is 70.1 Å². The fourth-order valence-corrected chi connectivity index (χ4v) is 7.51. The number of oxime groups is 3. The van der Waals surface area contributed by atoms with Gasteiger partial charge in [0.05, 0.1) is 37.0 Å². The van der Waals surface area contributed by atoms with Crippen molar-refractivity contribution in [1.82, 2.24) is 9.97 Å². The van der Waals surface area contributed by atoms with Crippen LogP contribution >= 0.6 is 186 Å². The summed E-state index contributed by atoms with van der Waals surface area (Å²) in [4.78, 5) is 13.4. The molecule has 6 aromatic rings. The number of hydrogen-bond donors (Lipinski definition) is 2. The number of alkyl halides is 1. The van der Waals surface area contributed by atoms with Gasteiger partial charge in [0.25, 0.3) is 0 Å². The summed E-state index contributed by atoms with van der Waals surface area (Å²) < 4.78 is 32.7. The zero-order valence-electron chi connectivity index (χ0n) is 45.5. The van der Waals surface area contributed by atoms with Crippen LogP contribution in [0, 0.1) is 11.3 Å². The fraction of sp³-hybridized carbons (Fsp3) is 0.172. The summed E-state index contributed by atoms with van der Waals surface area (Å²) in [6.45, 7) is 5.20. The lowest BCUT2D eigenvalue weighted by atomic mass is 10.0. The van der Waals surface area contributed by atoms with Crippen molar-refractivity contribution < 1.29 is 43.7 Å². The topological polar surface area (TPSA) is 195 Å². The Bertz CT molecular complexity index is 3430. The van der Waals surface area contributed by atoms with Crippen LogP contribution in [0.15, 0.2) is 180 Å². The molecule has 0 fully saturated rings. The third kappa shape index (κ3) is 35.7. The minimum Gasteiger partial charge on any atom is -0.498 e. The lowest BCUT2D eigenvalue weighted by Gasteiger charge is -2.10. The third-order valence-electron chi connectivity index (χ3n) is 9.62. The number of rotatable bonds is 21. The monoisotopic (exact) mass is 1550 g/mol. The van der Waals surface area contributed by atoms with Gasteiger partial charge in [0.2, 0.25) is 11.8 Å². The van der Waals surface area contributed by atoms with E-state index >= 15 is 0 Å². The molecule has 0 aliphatic carbocycles. The van der Waals surface area contributed by atoms with Gasteiger partial charge in [-0.05, 0) is 103 Å². The summed E-state index contributed by atoms with van der Waals surface area (Å²) in [6.07, 6.45) is 13.8. The van der Waals surface area contributed by atoms with E-state index in [2.05, 4.69) is 54.7 Å². The van der Waals surface area contributed by atoms with Gasteiger partial charge in [-0.15, -0.1) is 11.6 Å². The van der Waals surface area contributed by atoms with Gasteiger partial charge in [0.1, 0.15) is 86.2 Å². The Morgan fingerprint density at radius 1 is 0.600 bits per heavy atom. The average Bonchev–Trinajstić information content (AvgIpc) is 1.74. The first kappa shape index (κ1) is 83.0. The third-order valence-corrected chi connectivity index (χ3v) is 12.9. The van der Waals surface area contributed by atoms with Crippen molar-refractivity contribution in [3.05, 3.63) is 227 Å². The molecule has 1 unspecified atom stereocenters. The number of nitrogens with zero attached hydrogens (tertiary/aromatic N) is 6. The maximum atomic E-state index is 10.0. The van der Waals surface area contributed by atoms with Gasteiger partial charge >= 0.3 is 6.07 Å². The molecule has 32 heteroatoms. The number of pyridine rings is 2. The van der Waals surface area contributed by atoms with Crippen LogP contribution in [-0.2, 0) is 4.84 Å². The van der Waals surface area contributed by atoms with Gasteiger partial charge in [-0.1, -0.05) is 210 Å². The number of benzene rings is 4. The van der Waals surface area contributed by atoms with Crippen LogP contribution < -0.4 is 28.4 Å². The second-order valence-electron chi connectivity index (χ2n) is 15.7. The lowest BCUT2D eigenvalue weighted by Crippen LogP contribution is -2.18. The summed E-state index contributed by atoms with van der Waals surface area (Å²) in [5.74, 6) is 3.24. The van der Waals surface area contributed by atoms with Crippen molar-refractivity contribution >= 4 is 203 Å². The van der Waals surface area contributed by atoms with Crippen molar-refractivity contribution in [2.45, 2.75) is 20.0 Å². The zero-order valence-corrected chi connectivity index (χ0v) is 57.6. The van der Waals surface area contributed by atoms with Crippen LogP contribution in [0.25, 0.3) is 5.01 Å². The summed E-state index contributed by atoms with van der Waals surface area (Å²) >= 11 is 89.2. The predicted molar refractivity (Wildman–Crippen MR) is 374 cm³/mol. The molecule has 0 radical (unpaired) electrons. The number of ether oxygens (including phenoxy) is 6. The van der Waals surface area contributed by atoms with E-state index in [0.717, 1.165) is 5.56 Å². The van der Waals surface area contributed by atoms with Gasteiger partial charge in [-0.25, -0.2) is 9.97 Å². The Morgan fingerprint density at radius 3 is 1.51 bits per heavy atom. The molecule has 0 amide bonds. The van der Waals surface area contributed by atoms with E-state index < -0.39 is 0 Å². The highest BCUT2D eigenvalue weighted by atomic mass is 35.5. The molecule has 1 aliphatic rings. The summed E-state index contributed by atoms with van der Waals surface area (Å²) in [6, 6.07) is 28.8. The molecule has 1 aliphatic heterocycles. The number of halogens is 16. The molecule has 2 N–H and O–H groups in total. The van der Waals surface area contributed by atoms with Crippen molar-refractivity contribution in [2.24, 2.45) is 15.5 Å². The minimum absolute atomic E-state index is 0. The van der Waals surface area contributed by atoms with Crippen LogP contribution in [0.5, 0.6) is 34.8 Å². The first-order valence-electron chi connectivity index (χ1n) is 24.2. The largest absolute Gasteiger partial charge is 0.498 e. The van der Waals surface area contributed by atoms with Crippen LogP contribution in [0.3, 0.4) is 0 Å². The Kier molecular flexibility index (Phi) is 45.0. The Labute approximate surface area is 600 Å². The SMILES string of the molecule is C.C=CCOc1ccc(Cl)cn1.CCl.ClC(Cl)=CCOc1ccc(Cl)c(C2=NOC(COc3ccc(Cl)cn3)C2)c1.O/N=C(\Cl)c1cc(OCC=C(Cl)Cl)ccc1Cl.O/N=C/c1cc(OCC=C(Cl)Cl)ccc1Cl.[O-][N+]#Cc1cc(OCC=C(Cl)Cl)ccc1Cl. The predicted octanol–water partition coefficient (Wildman–Crippen LogP) is 21.9. The van der Waals surface area contributed by atoms with E-state index in [1.54, 1.807) is 115 Å². The highest BCUT2D eigenvalue weighted by molar-refractivity contribution is 6.70. The first-order valence-corrected chi connectivity index (χ1v) is 30.7. The van der Waals surface area contributed by atoms with Crippen LogP contribution in [0.1, 0.15) is 36.1 Å². The lowest BCUT2D eigenvalue weighted by molar-refractivity contribution is 0.0457. The standard InChI is InChI=1S/C18H14Cl4N2O3.C10H7Cl4NO2.C10H8Cl3NO2.C10H6Cl3NO2.C8H8ClNO.CH3Cl.CH4/c19-11-1-4-18(23-9-11)26-10-13-8-16(24-27-13)14-7-12(2-3-15(14)20)25-6-5-17(21)22;11-8-2-1-6(17-4-3-9(12)13)5-7(8)10(14)15-16;2*11-9-2-1-8(5-7(9)6-14-15)16-4-3-10(12)13;1-2-5-11-8-4-3-7(9)6-10-8;1-2;/h1-5,7,9,13H,6,8,10H2;1-3,5,16H,4H2;1-3,5-6,15H,4H2;1-3,5H,4H2;2-4,6H,1,5H2;1H3;1H4/b;15-10-;14-6+;;;;. The van der Waals surface area contributed by atoms with Gasteiger partial charge in [-0.3, -0.25) is 0 Å². The van der Waals surface area contributed by atoms with Crippen LogP contribution in [-0.4, -0.2) is 89.6 Å². The number of aromatic nitrogens is 2. The van der Waals surface area contributed by atoms with Crippen LogP contribution in [0.4, 0.5) is 0 Å². The van der Waals surface area contributed by atoms with E-state index in [4.69, 9.17) is 218 Å². The van der Waals surface area contributed by atoms with Crippen LogP contribution in [0.2, 0.25) is 30.1 Å². The van der Waals surface area contributed by atoms with E-state index in [0.29, 0.717) is 107 Å². The van der Waals surface area contributed by atoms with Crippen molar-refractivity contribution in [3.8, 4) is 40.8 Å². The highest BCUT2D eigenvalue weighted by Crippen LogP contribution is 2.29. The maximum absolute atomic E-state index is 10.0. The van der Waals surface area contributed by atoms with E-state index in [1.807, 2.05) is 0 Å². The Balaban J connectivity index is 0.000000574. The van der Waals surface area contributed by atoms with E-state index in [1.165, 1.54) is 37.0 Å². The van der Waals surface area contributed by atoms with Crippen molar-refractivity contribution in [2.75, 3.05) is 46.0 Å². The van der Waals surface area contributed by atoms with E-state index in [9.17, 15) is 5.21 Å². The molecule has 1 atom stereocenters. The molecule has 4 aromatic carbocycles. The van der Waals surface area contributed by atoms with Gasteiger partial charge in [-0.2, -0.15) is 0 Å². The quantitative estimate of drug-likeness (QED) is 0.0228. The minimum atomic E-state index is -0.240. The molecular formula is C58H50Cl16N6O10. The summed E-state index contributed by atoms with van der Waals surface area (Å²) in [5, 5.41) is 42.2. The molecule has 90 heavy (non-hydrogen) atoms. The fourth-order valence-electron chi connectivity index (χ4n) is 5.82. The molecular weight excluding hydrogens is 1510 g/mol. The van der Waals surface area contributed by atoms with Gasteiger partial charge in [0.15, 0.2) is 11.3 Å². The van der Waals surface area contributed by atoms with Crippen molar-refractivity contribution in [3.63, 3.8) is 0 Å². The second kappa shape index (κ2) is 48.7. The molecule has 0 saturated carbocycles.